The number of hydrogen-bond acceptors (Lipinski definition) is 4. The van der Waals surface area contributed by atoms with Crippen molar-refractivity contribution in [3.8, 4) is 0 Å². The maximum absolute atomic E-state index is 12.4. The molecular weight excluding hydrogens is 225 g/mol. The molecule has 0 saturated carbocycles. The van der Waals surface area contributed by atoms with Gasteiger partial charge in [-0.05, 0) is 12.1 Å². The number of nitrogens with two attached hydrogens (primary N) is 1. The molecule has 0 aromatic carbocycles. The van der Waals surface area contributed by atoms with Gasteiger partial charge >= 0.3 is 12.1 Å². The minimum atomic E-state index is -4.62. The second kappa shape index (κ2) is 4.48. The number of nitrogens with zero attached hydrogens (tertiary/aromatic N) is 1. The molecule has 1 heterocycles. The van der Waals surface area contributed by atoms with E-state index in [4.69, 9.17) is 5.73 Å². The Morgan fingerprint density at radius 1 is 1.50 bits per heavy atom. The van der Waals surface area contributed by atoms with Gasteiger partial charge in [-0.2, -0.15) is 13.2 Å². The van der Waals surface area contributed by atoms with E-state index in [0.717, 1.165) is 7.11 Å². The predicted molar refractivity (Wildman–Crippen MR) is 48.5 cm³/mol. The minimum absolute atomic E-state index is 0.0183. The lowest BCUT2D eigenvalue weighted by Gasteiger charge is -2.09. The fourth-order valence-electron chi connectivity index (χ4n) is 1.07. The van der Waals surface area contributed by atoms with Crippen molar-refractivity contribution in [3.05, 3.63) is 29.1 Å². The van der Waals surface area contributed by atoms with Crippen LogP contribution in [0.15, 0.2) is 12.1 Å². The van der Waals surface area contributed by atoms with Gasteiger partial charge in [0.15, 0.2) is 0 Å². The summed E-state index contributed by atoms with van der Waals surface area (Å²) in [6.07, 6.45) is -4.62. The highest BCUT2D eigenvalue weighted by Crippen LogP contribution is 2.28. The number of aromatic nitrogens is 1. The number of methoxy groups -OCH3 is 1. The fourth-order valence-corrected chi connectivity index (χ4v) is 1.07. The van der Waals surface area contributed by atoms with E-state index in [1.165, 1.54) is 6.07 Å². The molecule has 0 saturated heterocycles. The summed E-state index contributed by atoms with van der Waals surface area (Å²) in [5.41, 5.74) is 3.80. The zero-order valence-electron chi connectivity index (χ0n) is 8.34. The third kappa shape index (κ3) is 2.69. The highest BCUT2D eigenvalue weighted by atomic mass is 19.4. The average Bonchev–Trinajstić information content (AvgIpc) is 2.26. The van der Waals surface area contributed by atoms with E-state index < -0.39 is 17.8 Å². The van der Waals surface area contributed by atoms with Gasteiger partial charge in [-0.25, -0.2) is 9.78 Å². The van der Waals surface area contributed by atoms with Crippen molar-refractivity contribution in [2.75, 3.05) is 7.11 Å². The molecule has 0 radical (unpaired) electrons. The number of pyridine rings is 1. The van der Waals surface area contributed by atoms with E-state index in [2.05, 4.69) is 9.72 Å². The number of rotatable bonds is 2. The lowest BCUT2D eigenvalue weighted by Crippen LogP contribution is -2.14. The molecule has 88 valence electrons. The fraction of sp³-hybridized carbons (Fsp3) is 0.333. The number of carbonyl (C=O) groups is 1. The Labute approximate surface area is 89.2 Å². The second-order valence-electron chi connectivity index (χ2n) is 2.93. The normalized spacial score (nSPS) is 11.3. The van der Waals surface area contributed by atoms with E-state index in [9.17, 15) is 18.0 Å². The summed E-state index contributed by atoms with van der Waals surface area (Å²) in [5.74, 6) is -0.859. The van der Waals surface area contributed by atoms with Crippen molar-refractivity contribution in [2.45, 2.75) is 12.7 Å². The summed E-state index contributed by atoms with van der Waals surface area (Å²) >= 11 is 0. The summed E-state index contributed by atoms with van der Waals surface area (Å²) < 4.78 is 41.5. The number of carbonyl (C=O) groups excluding carboxylic acids is 1. The monoisotopic (exact) mass is 234 g/mol. The van der Waals surface area contributed by atoms with Crippen molar-refractivity contribution in [1.82, 2.24) is 4.98 Å². The van der Waals surface area contributed by atoms with Crippen molar-refractivity contribution < 1.29 is 22.7 Å². The van der Waals surface area contributed by atoms with Crippen molar-refractivity contribution in [1.29, 1.82) is 0 Å². The Bertz CT molecular complexity index is 404. The van der Waals surface area contributed by atoms with Crippen LogP contribution in [0.4, 0.5) is 13.2 Å². The van der Waals surface area contributed by atoms with Crippen LogP contribution in [-0.2, 0) is 17.5 Å². The van der Waals surface area contributed by atoms with Crippen LogP contribution in [0, 0.1) is 0 Å². The molecule has 0 spiro atoms. The van der Waals surface area contributed by atoms with Crippen LogP contribution >= 0.6 is 0 Å². The van der Waals surface area contributed by atoms with Crippen LogP contribution in [0.2, 0.25) is 0 Å². The molecule has 0 amide bonds. The van der Waals surface area contributed by atoms with Crippen molar-refractivity contribution in [3.63, 3.8) is 0 Å². The zero-order chi connectivity index (χ0) is 12.3. The lowest BCUT2D eigenvalue weighted by molar-refractivity contribution is -0.141. The molecule has 1 aromatic heterocycles. The zero-order valence-corrected chi connectivity index (χ0v) is 8.34. The van der Waals surface area contributed by atoms with Gasteiger partial charge in [0, 0.05) is 6.54 Å². The first kappa shape index (κ1) is 12.4. The van der Waals surface area contributed by atoms with E-state index in [1.54, 1.807) is 0 Å². The minimum Gasteiger partial charge on any atom is -0.465 e. The molecule has 0 aliphatic carbocycles. The van der Waals surface area contributed by atoms with E-state index in [1.807, 2.05) is 0 Å². The van der Waals surface area contributed by atoms with Gasteiger partial charge in [-0.15, -0.1) is 0 Å². The van der Waals surface area contributed by atoms with E-state index >= 15 is 0 Å². The Balaban J connectivity index is 3.27. The first-order chi connectivity index (χ1) is 7.38. The van der Waals surface area contributed by atoms with Gasteiger partial charge in [0.25, 0.3) is 0 Å². The second-order valence-corrected chi connectivity index (χ2v) is 2.93. The van der Waals surface area contributed by atoms with Crippen LogP contribution < -0.4 is 5.73 Å². The van der Waals surface area contributed by atoms with Crippen molar-refractivity contribution in [2.24, 2.45) is 5.73 Å². The van der Waals surface area contributed by atoms with Gasteiger partial charge in [0.05, 0.1) is 18.4 Å². The van der Waals surface area contributed by atoms with E-state index in [0.29, 0.717) is 6.07 Å². The van der Waals surface area contributed by atoms with Crippen LogP contribution in [0.5, 0.6) is 0 Å². The Morgan fingerprint density at radius 3 is 2.56 bits per heavy atom. The number of alkyl halides is 3. The summed E-state index contributed by atoms with van der Waals surface area (Å²) in [7, 11) is 1.08. The highest BCUT2D eigenvalue weighted by Gasteiger charge is 2.33. The van der Waals surface area contributed by atoms with Gasteiger partial charge in [-0.3, -0.25) is 0 Å². The average molecular weight is 234 g/mol. The van der Waals surface area contributed by atoms with Crippen LogP contribution in [0.1, 0.15) is 21.7 Å². The molecule has 16 heavy (non-hydrogen) atoms. The summed E-state index contributed by atoms with van der Waals surface area (Å²) in [6, 6.07) is 1.80. The number of ether oxygens (including phenoxy) is 1. The highest BCUT2D eigenvalue weighted by molar-refractivity contribution is 5.89. The van der Waals surface area contributed by atoms with Gasteiger partial charge in [0.2, 0.25) is 0 Å². The topological polar surface area (TPSA) is 65.2 Å². The quantitative estimate of drug-likeness (QED) is 0.784. The first-order valence-electron chi connectivity index (χ1n) is 4.25. The largest absolute Gasteiger partial charge is 0.465 e. The molecule has 0 atom stereocenters. The third-order valence-corrected chi connectivity index (χ3v) is 1.80. The van der Waals surface area contributed by atoms with Gasteiger partial charge < -0.3 is 10.5 Å². The molecular formula is C9H9F3N2O2. The summed E-state index contributed by atoms with van der Waals surface area (Å²) in [4.78, 5) is 14.4. The number of esters is 1. The van der Waals surface area contributed by atoms with E-state index in [-0.39, 0.29) is 17.8 Å². The first-order valence-corrected chi connectivity index (χ1v) is 4.25. The molecule has 7 heteroatoms. The molecule has 0 aliphatic heterocycles. The summed E-state index contributed by atoms with van der Waals surface area (Å²) in [5, 5.41) is 0. The molecule has 2 N–H and O–H groups in total. The smallest absolute Gasteiger partial charge is 0.433 e. The summed E-state index contributed by atoms with van der Waals surface area (Å²) in [6.45, 7) is -0.187. The maximum Gasteiger partial charge on any atom is 0.433 e. The third-order valence-electron chi connectivity index (χ3n) is 1.80. The molecule has 4 nitrogen and oxygen atoms in total. The van der Waals surface area contributed by atoms with Crippen molar-refractivity contribution >= 4 is 5.97 Å². The van der Waals surface area contributed by atoms with Crippen LogP contribution in [0.25, 0.3) is 0 Å². The number of hydrogen-bond donors (Lipinski definition) is 1. The Morgan fingerprint density at radius 2 is 2.12 bits per heavy atom. The van der Waals surface area contributed by atoms with Crippen LogP contribution in [-0.4, -0.2) is 18.1 Å². The predicted octanol–water partition coefficient (Wildman–Crippen LogP) is 1.35. The maximum atomic E-state index is 12.4. The molecule has 0 fully saturated rings. The van der Waals surface area contributed by atoms with Crippen LogP contribution in [0.3, 0.4) is 0 Å². The SMILES string of the molecule is COC(=O)c1cc(CN)nc(C(F)(F)F)c1. The number of halogens is 3. The Hall–Kier alpha value is -1.63. The molecule has 1 rings (SSSR count). The van der Waals surface area contributed by atoms with Gasteiger partial charge in [-0.1, -0.05) is 0 Å². The van der Waals surface area contributed by atoms with Gasteiger partial charge in [0.1, 0.15) is 5.69 Å². The molecule has 1 aromatic rings. The standard InChI is InChI=1S/C9H9F3N2O2/c1-16-8(15)5-2-6(4-13)14-7(3-5)9(10,11)12/h2-3H,4,13H2,1H3. The lowest BCUT2D eigenvalue weighted by atomic mass is 10.2. The molecule has 0 bridgehead atoms. The molecule has 0 aliphatic rings. The Kier molecular flexibility index (Phi) is 3.48. The molecule has 0 unspecified atom stereocenters.